The highest BCUT2D eigenvalue weighted by atomic mass is 16.5. The summed E-state index contributed by atoms with van der Waals surface area (Å²) in [5, 5.41) is 0. The summed E-state index contributed by atoms with van der Waals surface area (Å²) in [5.74, 6) is 2.54. The number of nitrogens with zero attached hydrogens (tertiary/aromatic N) is 1. The molecule has 0 radical (unpaired) electrons. The molecule has 0 amide bonds. The van der Waals surface area contributed by atoms with Gasteiger partial charge in [-0.3, -0.25) is 4.90 Å². The molecule has 0 aromatic heterocycles. The van der Waals surface area contributed by atoms with Gasteiger partial charge in [-0.25, -0.2) is 0 Å². The maximum absolute atomic E-state index is 6.10. The van der Waals surface area contributed by atoms with Crippen LogP contribution in [-0.4, -0.2) is 51.5 Å². The first-order valence-electron chi connectivity index (χ1n) is 8.50. The number of hydrogen-bond donors (Lipinski definition) is 0. The van der Waals surface area contributed by atoms with Gasteiger partial charge in [0.2, 0.25) is 0 Å². The average Bonchev–Trinajstić information content (AvgIpc) is 2.87. The third kappa shape index (κ3) is 5.11. The van der Waals surface area contributed by atoms with E-state index in [1.165, 1.54) is 5.56 Å². The largest absolute Gasteiger partial charge is 0.497 e. The summed E-state index contributed by atoms with van der Waals surface area (Å²) in [6.45, 7) is 3.87. The molecule has 2 aromatic rings. The monoisotopic (exact) mass is 343 g/mol. The maximum Gasteiger partial charge on any atom is 0.135 e. The molecule has 0 saturated carbocycles. The highest BCUT2D eigenvalue weighted by Gasteiger charge is 2.20. The van der Waals surface area contributed by atoms with E-state index in [4.69, 9.17) is 18.9 Å². The first kappa shape index (κ1) is 17.6. The molecular weight excluding hydrogens is 318 g/mol. The Labute approximate surface area is 149 Å². The van der Waals surface area contributed by atoms with Crippen LogP contribution in [0.5, 0.6) is 17.2 Å². The fourth-order valence-electron chi connectivity index (χ4n) is 2.93. The van der Waals surface area contributed by atoms with E-state index >= 15 is 0 Å². The summed E-state index contributed by atoms with van der Waals surface area (Å²) >= 11 is 0. The topological polar surface area (TPSA) is 40.2 Å². The molecule has 1 saturated heterocycles. The van der Waals surface area contributed by atoms with E-state index in [-0.39, 0.29) is 6.10 Å². The summed E-state index contributed by atoms with van der Waals surface area (Å²) in [6.07, 6.45) is 0.00139. The van der Waals surface area contributed by atoms with Crippen LogP contribution in [0.25, 0.3) is 0 Å². The predicted molar refractivity (Wildman–Crippen MR) is 96.5 cm³/mol. The van der Waals surface area contributed by atoms with Crippen molar-refractivity contribution in [2.75, 3.05) is 40.5 Å². The van der Waals surface area contributed by atoms with Crippen LogP contribution in [0.4, 0.5) is 0 Å². The Bertz CT molecular complexity index is 659. The second-order valence-corrected chi connectivity index (χ2v) is 6.08. The van der Waals surface area contributed by atoms with Crippen LogP contribution in [0.3, 0.4) is 0 Å². The minimum Gasteiger partial charge on any atom is -0.497 e. The van der Waals surface area contributed by atoms with Crippen molar-refractivity contribution in [1.82, 2.24) is 4.90 Å². The van der Waals surface area contributed by atoms with E-state index in [0.717, 1.165) is 36.9 Å². The van der Waals surface area contributed by atoms with Crippen LogP contribution < -0.4 is 14.2 Å². The van der Waals surface area contributed by atoms with Gasteiger partial charge in [-0.2, -0.15) is 0 Å². The molecule has 1 aliphatic heterocycles. The third-order valence-electron chi connectivity index (χ3n) is 4.22. The van der Waals surface area contributed by atoms with Gasteiger partial charge in [0.25, 0.3) is 0 Å². The molecule has 3 rings (SSSR count). The lowest BCUT2D eigenvalue weighted by atomic mass is 10.2. The van der Waals surface area contributed by atoms with Crippen molar-refractivity contribution in [3.8, 4) is 17.2 Å². The molecular formula is C20H25NO4. The van der Waals surface area contributed by atoms with Crippen molar-refractivity contribution in [2.24, 2.45) is 0 Å². The van der Waals surface area contributed by atoms with Gasteiger partial charge < -0.3 is 18.9 Å². The molecule has 0 N–H and O–H groups in total. The van der Waals surface area contributed by atoms with Crippen molar-refractivity contribution in [2.45, 2.75) is 12.6 Å². The number of ether oxygens (including phenoxy) is 4. The van der Waals surface area contributed by atoms with Crippen LogP contribution in [0.15, 0.2) is 48.5 Å². The molecule has 5 nitrogen and oxygen atoms in total. The highest BCUT2D eigenvalue weighted by Crippen LogP contribution is 2.20. The van der Waals surface area contributed by atoms with Gasteiger partial charge in [0.15, 0.2) is 0 Å². The molecule has 1 atom stereocenters. The zero-order chi connectivity index (χ0) is 17.5. The van der Waals surface area contributed by atoms with E-state index in [0.29, 0.717) is 13.2 Å². The molecule has 1 heterocycles. The van der Waals surface area contributed by atoms with Gasteiger partial charge in [-0.15, -0.1) is 0 Å². The summed E-state index contributed by atoms with van der Waals surface area (Å²) < 4.78 is 22.3. The third-order valence-corrected chi connectivity index (χ3v) is 4.22. The molecule has 2 aromatic carbocycles. The predicted octanol–water partition coefficient (Wildman–Crippen LogP) is 2.98. The minimum atomic E-state index is 0.00139. The zero-order valence-corrected chi connectivity index (χ0v) is 14.8. The summed E-state index contributed by atoms with van der Waals surface area (Å²) in [5.41, 5.74) is 1.23. The number of benzene rings is 2. The van der Waals surface area contributed by atoms with Crippen LogP contribution in [0.2, 0.25) is 0 Å². The lowest BCUT2D eigenvalue weighted by Crippen LogP contribution is -2.35. The highest BCUT2D eigenvalue weighted by molar-refractivity contribution is 5.31. The first-order valence-corrected chi connectivity index (χ1v) is 8.50. The Kier molecular flexibility index (Phi) is 6.14. The van der Waals surface area contributed by atoms with Crippen LogP contribution in [0.1, 0.15) is 5.56 Å². The molecule has 1 fully saturated rings. The van der Waals surface area contributed by atoms with Gasteiger partial charge in [-0.05, 0) is 42.0 Å². The van der Waals surface area contributed by atoms with Gasteiger partial charge in [0.1, 0.15) is 23.4 Å². The summed E-state index contributed by atoms with van der Waals surface area (Å²) in [6, 6.07) is 15.8. The van der Waals surface area contributed by atoms with Crippen LogP contribution in [-0.2, 0) is 11.3 Å². The zero-order valence-electron chi connectivity index (χ0n) is 14.8. The summed E-state index contributed by atoms with van der Waals surface area (Å²) in [4.78, 5) is 2.36. The number of hydrogen-bond acceptors (Lipinski definition) is 5. The summed E-state index contributed by atoms with van der Waals surface area (Å²) in [7, 11) is 3.35. The fraction of sp³-hybridized carbons (Fsp3) is 0.400. The Balaban J connectivity index is 1.61. The smallest absolute Gasteiger partial charge is 0.135 e. The molecule has 25 heavy (non-hydrogen) atoms. The van der Waals surface area contributed by atoms with Gasteiger partial charge in [-0.1, -0.05) is 12.1 Å². The molecule has 5 heteroatoms. The van der Waals surface area contributed by atoms with Crippen molar-refractivity contribution >= 4 is 0 Å². The van der Waals surface area contributed by atoms with Crippen molar-refractivity contribution in [3.63, 3.8) is 0 Å². The SMILES string of the molecule is COc1ccc(OC2COCCN(Cc3cccc(OC)c3)C2)cc1. The second kappa shape index (κ2) is 8.74. The van der Waals surface area contributed by atoms with Gasteiger partial charge >= 0.3 is 0 Å². The normalized spacial score (nSPS) is 18.4. The average molecular weight is 343 g/mol. The second-order valence-electron chi connectivity index (χ2n) is 6.08. The van der Waals surface area contributed by atoms with E-state index in [1.807, 2.05) is 36.4 Å². The van der Waals surface area contributed by atoms with Crippen molar-refractivity contribution in [1.29, 1.82) is 0 Å². The molecule has 0 spiro atoms. The molecule has 134 valence electrons. The quantitative estimate of drug-likeness (QED) is 0.806. The Morgan fingerprint density at radius 1 is 1.00 bits per heavy atom. The van der Waals surface area contributed by atoms with E-state index in [2.05, 4.69) is 17.0 Å². The molecule has 0 bridgehead atoms. The minimum absolute atomic E-state index is 0.00139. The standard InChI is InChI=1S/C20H25NO4/c1-22-17-6-8-18(9-7-17)25-20-14-21(10-11-24-15-20)13-16-4-3-5-19(12-16)23-2/h3-9,12,20H,10-11,13-15H2,1-2H3. The van der Waals surface area contributed by atoms with Crippen LogP contribution >= 0.6 is 0 Å². The number of rotatable bonds is 6. The van der Waals surface area contributed by atoms with Crippen molar-refractivity contribution in [3.05, 3.63) is 54.1 Å². The van der Waals surface area contributed by atoms with Gasteiger partial charge in [0, 0.05) is 19.6 Å². The lowest BCUT2D eigenvalue weighted by Gasteiger charge is -2.24. The van der Waals surface area contributed by atoms with Crippen molar-refractivity contribution < 1.29 is 18.9 Å². The van der Waals surface area contributed by atoms with E-state index in [9.17, 15) is 0 Å². The van der Waals surface area contributed by atoms with Crippen LogP contribution in [0, 0.1) is 0 Å². The Hall–Kier alpha value is -2.24. The van der Waals surface area contributed by atoms with E-state index < -0.39 is 0 Å². The Morgan fingerprint density at radius 2 is 1.76 bits per heavy atom. The molecule has 1 aliphatic rings. The van der Waals surface area contributed by atoms with Gasteiger partial charge in [0.05, 0.1) is 27.4 Å². The molecule has 1 unspecified atom stereocenters. The first-order chi connectivity index (χ1) is 12.3. The maximum atomic E-state index is 6.10. The molecule has 0 aliphatic carbocycles. The Morgan fingerprint density at radius 3 is 2.52 bits per heavy atom. The van der Waals surface area contributed by atoms with E-state index in [1.54, 1.807) is 14.2 Å². The number of methoxy groups -OCH3 is 2. The fourth-order valence-corrected chi connectivity index (χ4v) is 2.93. The lowest BCUT2D eigenvalue weighted by molar-refractivity contribution is 0.0710.